The first-order valence-electron chi connectivity index (χ1n) is 8.01. The van der Waals surface area contributed by atoms with Crippen LogP contribution in [0.15, 0.2) is 54.7 Å². The van der Waals surface area contributed by atoms with Crippen LogP contribution in [-0.2, 0) is 5.41 Å². The third kappa shape index (κ3) is 4.29. The van der Waals surface area contributed by atoms with Gasteiger partial charge in [0.15, 0.2) is 5.82 Å². The minimum atomic E-state index is -0.353. The van der Waals surface area contributed by atoms with Gasteiger partial charge in [0.25, 0.3) is 0 Å². The van der Waals surface area contributed by atoms with Gasteiger partial charge in [0.05, 0.1) is 11.9 Å². The van der Waals surface area contributed by atoms with E-state index in [1.54, 1.807) is 18.2 Å². The number of halogens is 1. The van der Waals surface area contributed by atoms with Crippen LogP contribution in [-0.4, -0.2) is 15.2 Å². The maximum Gasteiger partial charge on any atom is 0.249 e. The molecule has 2 N–H and O–H groups in total. The van der Waals surface area contributed by atoms with Crippen LogP contribution >= 0.6 is 0 Å². The highest BCUT2D eigenvalue weighted by molar-refractivity contribution is 5.59. The molecule has 0 amide bonds. The fourth-order valence-electron chi connectivity index (χ4n) is 2.30. The SMILES string of the molecule is CC(C)(C)c1ccc(Nc2nncc(Nc3ccccc3F)n2)cc1. The van der Waals surface area contributed by atoms with Crippen molar-refractivity contribution in [1.29, 1.82) is 0 Å². The average molecular weight is 337 g/mol. The molecule has 1 heterocycles. The normalized spacial score (nSPS) is 11.2. The standard InChI is InChI=1S/C19H20FN5/c1-19(2,3)13-8-10-14(11-9-13)22-18-24-17(12-21-25-18)23-16-7-5-4-6-15(16)20/h4-12H,1-3H3,(H2,22,23,24,25). The highest BCUT2D eigenvalue weighted by Crippen LogP contribution is 2.24. The van der Waals surface area contributed by atoms with Crippen LogP contribution in [0.2, 0.25) is 0 Å². The average Bonchev–Trinajstić information content (AvgIpc) is 2.57. The van der Waals surface area contributed by atoms with E-state index in [9.17, 15) is 4.39 Å². The summed E-state index contributed by atoms with van der Waals surface area (Å²) in [6.07, 6.45) is 1.44. The molecule has 0 bridgehead atoms. The van der Waals surface area contributed by atoms with Gasteiger partial charge in [0, 0.05) is 5.69 Å². The molecule has 0 aliphatic carbocycles. The van der Waals surface area contributed by atoms with Crippen LogP contribution in [0.5, 0.6) is 0 Å². The van der Waals surface area contributed by atoms with Crippen molar-refractivity contribution in [2.75, 3.05) is 10.6 Å². The van der Waals surface area contributed by atoms with Crippen molar-refractivity contribution in [3.8, 4) is 0 Å². The minimum absolute atomic E-state index is 0.0974. The van der Waals surface area contributed by atoms with E-state index >= 15 is 0 Å². The van der Waals surface area contributed by atoms with Gasteiger partial charge in [-0.05, 0) is 35.2 Å². The lowest BCUT2D eigenvalue weighted by Gasteiger charge is -2.19. The van der Waals surface area contributed by atoms with E-state index in [1.165, 1.54) is 17.8 Å². The number of benzene rings is 2. The van der Waals surface area contributed by atoms with Gasteiger partial charge in [0.2, 0.25) is 5.95 Å². The van der Waals surface area contributed by atoms with Crippen molar-refractivity contribution in [1.82, 2.24) is 15.2 Å². The van der Waals surface area contributed by atoms with Gasteiger partial charge in [-0.25, -0.2) is 4.39 Å². The molecule has 3 aromatic rings. The highest BCUT2D eigenvalue weighted by Gasteiger charge is 2.13. The van der Waals surface area contributed by atoms with Gasteiger partial charge in [-0.15, -0.1) is 5.10 Å². The molecule has 0 unspecified atom stereocenters. The van der Waals surface area contributed by atoms with E-state index in [1.807, 2.05) is 12.1 Å². The number of nitrogens with zero attached hydrogens (tertiary/aromatic N) is 3. The van der Waals surface area contributed by atoms with Gasteiger partial charge < -0.3 is 10.6 Å². The zero-order valence-corrected chi connectivity index (χ0v) is 14.4. The van der Waals surface area contributed by atoms with Crippen LogP contribution in [0, 0.1) is 5.82 Å². The predicted octanol–water partition coefficient (Wildman–Crippen LogP) is 4.80. The van der Waals surface area contributed by atoms with Crippen LogP contribution in [0.3, 0.4) is 0 Å². The molecule has 0 aliphatic heterocycles. The molecule has 0 fully saturated rings. The molecule has 3 rings (SSSR count). The van der Waals surface area contributed by atoms with Crippen LogP contribution in [0.25, 0.3) is 0 Å². The molecule has 25 heavy (non-hydrogen) atoms. The summed E-state index contributed by atoms with van der Waals surface area (Å²) >= 11 is 0. The molecule has 2 aromatic carbocycles. The first-order valence-corrected chi connectivity index (χ1v) is 8.01. The summed E-state index contributed by atoms with van der Waals surface area (Å²) in [4.78, 5) is 4.31. The Balaban J connectivity index is 1.75. The molecule has 0 saturated carbocycles. The molecule has 0 radical (unpaired) electrons. The number of aromatic nitrogens is 3. The van der Waals surface area contributed by atoms with E-state index in [0.29, 0.717) is 17.5 Å². The molecule has 0 spiro atoms. The van der Waals surface area contributed by atoms with Crippen molar-refractivity contribution in [2.24, 2.45) is 0 Å². The number of hydrogen-bond acceptors (Lipinski definition) is 5. The van der Waals surface area contributed by atoms with E-state index < -0.39 is 0 Å². The largest absolute Gasteiger partial charge is 0.336 e. The third-order valence-corrected chi connectivity index (χ3v) is 3.70. The fourth-order valence-corrected chi connectivity index (χ4v) is 2.30. The number of rotatable bonds is 4. The Morgan fingerprint density at radius 3 is 2.32 bits per heavy atom. The molecular weight excluding hydrogens is 317 g/mol. The minimum Gasteiger partial charge on any atom is -0.336 e. The van der Waals surface area contributed by atoms with Crippen molar-refractivity contribution in [3.63, 3.8) is 0 Å². The lowest BCUT2D eigenvalue weighted by atomic mass is 9.87. The Hall–Kier alpha value is -3.02. The number of anilines is 4. The van der Waals surface area contributed by atoms with E-state index in [2.05, 4.69) is 58.7 Å². The second-order valence-corrected chi connectivity index (χ2v) is 6.72. The Labute approximate surface area is 146 Å². The summed E-state index contributed by atoms with van der Waals surface area (Å²) in [7, 11) is 0. The highest BCUT2D eigenvalue weighted by atomic mass is 19.1. The molecule has 6 heteroatoms. The third-order valence-electron chi connectivity index (χ3n) is 3.70. The lowest BCUT2D eigenvalue weighted by Crippen LogP contribution is -2.10. The van der Waals surface area contributed by atoms with Crippen molar-refractivity contribution in [2.45, 2.75) is 26.2 Å². The fraction of sp³-hybridized carbons (Fsp3) is 0.211. The van der Waals surface area contributed by atoms with Gasteiger partial charge in [0.1, 0.15) is 5.82 Å². The summed E-state index contributed by atoms with van der Waals surface area (Å²) in [5, 5.41) is 13.9. The zero-order chi connectivity index (χ0) is 17.9. The van der Waals surface area contributed by atoms with E-state index in [4.69, 9.17) is 0 Å². The zero-order valence-electron chi connectivity index (χ0n) is 14.4. The summed E-state index contributed by atoms with van der Waals surface area (Å²) in [5.41, 5.74) is 2.54. The molecule has 0 aliphatic rings. The molecule has 128 valence electrons. The van der Waals surface area contributed by atoms with Gasteiger partial charge in [-0.2, -0.15) is 10.1 Å². The summed E-state index contributed by atoms with van der Waals surface area (Å²) in [6.45, 7) is 6.50. The molecule has 0 saturated heterocycles. The molecule has 0 atom stereocenters. The van der Waals surface area contributed by atoms with Crippen LogP contribution in [0.4, 0.5) is 27.5 Å². The Morgan fingerprint density at radius 1 is 0.920 bits per heavy atom. The van der Waals surface area contributed by atoms with Crippen molar-refractivity contribution >= 4 is 23.1 Å². The predicted molar refractivity (Wildman–Crippen MR) is 97.9 cm³/mol. The number of para-hydroxylation sites is 1. The number of nitrogens with one attached hydrogen (secondary N) is 2. The Kier molecular flexibility index (Phi) is 4.61. The summed E-state index contributed by atoms with van der Waals surface area (Å²) in [6, 6.07) is 14.5. The Bertz CT molecular complexity index is 856. The van der Waals surface area contributed by atoms with Gasteiger partial charge in [-0.3, -0.25) is 0 Å². The Morgan fingerprint density at radius 2 is 1.64 bits per heavy atom. The first kappa shape index (κ1) is 16.8. The van der Waals surface area contributed by atoms with Gasteiger partial charge in [-0.1, -0.05) is 45.0 Å². The number of hydrogen-bond donors (Lipinski definition) is 2. The van der Waals surface area contributed by atoms with Crippen LogP contribution in [0.1, 0.15) is 26.3 Å². The topological polar surface area (TPSA) is 62.7 Å². The second kappa shape index (κ2) is 6.84. The molecular formula is C19H20FN5. The lowest BCUT2D eigenvalue weighted by molar-refractivity contribution is 0.590. The maximum absolute atomic E-state index is 13.7. The second-order valence-electron chi connectivity index (χ2n) is 6.72. The smallest absolute Gasteiger partial charge is 0.249 e. The van der Waals surface area contributed by atoms with Crippen molar-refractivity contribution < 1.29 is 4.39 Å². The van der Waals surface area contributed by atoms with E-state index in [0.717, 1.165) is 5.69 Å². The summed E-state index contributed by atoms with van der Waals surface area (Å²) < 4.78 is 13.7. The first-order chi connectivity index (χ1) is 11.9. The maximum atomic E-state index is 13.7. The molecule has 5 nitrogen and oxygen atoms in total. The molecule has 1 aromatic heterocycles. The van der Waals surface area contributed by atoms with Crippen LogP contribution < -0.4 is 10.6 Å². The monoisotopic (exact) mass is 337 g/mol. The van der Waals surface area contributed by atoms with Gasteiger partial charge >= 0.3 is 0 Å². The van der Waals surface area contributed by atoms with Crippen molar-refractivity contribution in [3.05, 3.63) is 66.1 Å². The summed E-state index contributed by atoms with van der Waals surface area (Å²) in [5.74, 6) is 0.396. The quantitative estimate of drug-likeness (QED) is 0.716. The van der Waals surface area contributed by atoms with E-state index in [-0.39, 0.29) is 11.2 Å².